The predicted octanol–water partition coefficient (Wildman–Crippen LogP) is 1.57. The van der Waals surface area contributed by atoms with Crippen LogP contribution in [-0.2, 0) is 16.0 Å². The maximum Gasteiger partial charge on any atom is 0.317 e. The Morgan fingerprint density at radius 2 is 2.44 bits per heavy atom. The minimum absolute atomic E-state index is 0.145. The standard InChI is InChI=1S/C13H13NO2/c1-16-13(15)4-2-3-10-5-6-12-11(9-10)7-8-14-12/h5-6,9,14H,4,7-8H2,1H3. The van der Waals surface area contributed by atoms with E-state index in [0.717, 1.165) is 18.5 Å². The van der Waals surface area contributed by atoms with E-state index >= 15 is 0 Å². The minimum atomic E-state index is -0.296. The third-order valence-corrected chi connectivity index (χ3v) is 2.51. The number of nitrogens with one attached hydrogen (secondary N) is 1. The number of carbonyl (C=O) groups is 1. The molecule has 1 aliphatic heterocycles. The van der Waals surface area contributed by atoms with Crippen molar-refractivity contribution in [2.24, 2.45) is 0 Å². The van der Waals surface area contributed by atoms with E-state index < -0.39 is 0 Å². The summed E-state index contributed by atoms with van der Waals surface area (Å²) in [5.74, 6) is 5.46. The first-order valence-corrected chi connectivity index (χ1v) is 5.22. The van der Waals surface area contributed by atoms with Crippen LogP contribution in [0.25, 0.3) is 0 Å². The van der Waals surface area contributed by atoms with Crippen LogP contribution in [-0.4, -0.2) is 19.6 Å². The Kier molecular flexibility index (Phi) is 3.11. The molecule has 1 heterocycles. The normalized spacial score (nSPS) is 12.1. The lowest BCUT2D eigenvalue weighted by molar-refractivity contribution is -0.139. The zero-order valence-electron chi connectivity index (χ0n) is 9.17. The first kappa shape index (κ1) is 10.6. The lowest BCUT2D eigenvalue weighted by atomic mass is 10.1. The van der Waals surface area contributed by atoms with E-state index in [1.165, 1.54) is 18.4 Å². The lowest BCUT2D eigenvalue weighted by Crippen LogP contribution is -1.97. The summed E-state index contributed by atoms with van der Waals surface area (Å²) in [5.41, 5.74) is 3.44. The van der Waals surface area contributed by atoms with Gasteiger partial charge in [-0.25, -0.2) is 0 Å². The molecule has 0 spiro atoms. The molecule has 3 nitrogen and oxygen atoms in total. The summed E-state index contributed by atoms with van der Waals surface area (Å²) in [7, 11) is 1.37. The van der Waals surface area contributed by atoms with Gasteiger partial charge in [0.15, 0.2) is 0 Å². The molecule has 0 fully saturated rings. The smallest absolute Gasteiger partial charge is 0.317 e. The zero-order valence-corrected chi connectivity index (χ0v) is 9.17. The van der Waals surface area contributed by atoms with Crippen LogP contribution in [0.4, 0.5) is 5.69 Å². The van der Waals surface area contributed by atoms with E-state index in [1.54, 1.807) is 0 Å². The van der Waals surface area contributed by atoms with Gasteiger partial charge in [-0.3, -0.25) is 4.79 Å². The lowest BCUT2D eigenvalue weighted by Gasteiger charge is -1.98. The topological polar surface area (TPSA) is 38.3 Å². The van der Waals surface area contributed by atoms with Crippen LogP contribution in [0.1, 0.15) is 17.5 Å². The molecule has 2 rings (SSSR count). The van der Waals surface area contributed by atoms with Crippen LogP contribution in [0.15, 0.2) is 18.2 Å². The molecule has 0 aromatic heterocycles. The maximum atomic E-state index is 10.9. The Morgan fingerprint density at radius 1 is 1.56 bits per heavy atom. The Hall–Kier alpha value is -1.95. The van der Waals surface area contributed by atoms with E-state index in [-0.39, 0.29) is 12.4 Å². The molecule has 1 aromatic carbocycles. The summed E-state index contributed by atoms with van der Waals surface area (Å²) in [5, 5.41) is 3.29. The molecule has 0 unspecified atom stereocenters. The second-order valence-electron chi connectivity index (χ2n) is 3.60. The number of anilines is 1. The number of fused-ring (bicyclic) bond motifs is 1. The van der Waals surface area contributed by atoms with Crippen molar-refractivity contribution in [1.29, 1.82) is 0 Å². The van der Waals surface area contributed by atoms with Crippen LogP contribution in [0.2, 0.25) is 0 Å². The van der Waals surface area contributed by atoms with Crippen molar-refractivity contribution < 1.29 is 9.53 Å². The van der Waals surface area contributed by atoms with Gasteiger partial charge < -0.3 is 10.1 Å². The molecule has 0 aliphatic carbocycles. The highest BCUT2D eigenvalue weighted by atomic mass is 16.5. The molecular formula is C13H13NO2. The highest BCUT2D eigenvalue weighted by Gasteiger charge is 2.08. The van der Waals surface area contributed by atoms with Crippen molar-refractivity contribution in [3.8, 4) is 11.8 Å². The Bertz CT molecular complexity index is 469. The van der Waals surface area contributed by atoms with Crippen molar-refractivity contribution in [1.82, 2.24) is 0 Å². The van der Waals surface area contributed by atoms with E-state index in [2.05, 4.69) is 28.0 Å². The molecule has 1 aromatic rings. The average molecular weight is 215 g/mol. The van der Waals surface area contributed by atoms with Crippen molar-refractivity contribution >= 4 is 11.7 Å². The molecule has 0 radical (unpaired) electrons. The van der Waals surface area contributed by atoms with Gasteiger partial charge in [0.05, 0.1) is 7.11 Å². The van der Waals surface area contributed by atoms with Crippen molar-refractivity contribution in [3.05, 3.63) is 29.3 Å². The van der Waals surface area contributed by atoms with Crippen LogP contribution < -0.4 is 5.32 Å². The van der Waals surface area contributed by atoms with E-state index in [0.29, 0.717) is 0 Å². The second-order valence-corrected chi connectivity index (χ2v) is 3.60. The van der Waals surface area contributed by atoms with Gasteiger partial charge in [0.2, 0.25) is 0 Å². The Morgan fingerprint density at radius 3 is 3.25 bits per heavy atom. The molecule has 0 saturated carbocycles. The molecular weight excluding hydrogens is 202 g/mol. The molecule has 0 atom stereocenters. The average Bonchev–Trinajstić information content (AvgIpc) is 2.76. The van der Waals surface area contributed by atoms with Gasteiger partial charge in [0, 0.05) is 17.8 Å². The summed E-state index contributed by atoms with van der Waals surface area (Å²) in [6.45, 7) is 0.994. The van der Waals surface area contributed by atoms with Gasteiger partial charge in [0.1, 0.15) is 6.42 Å². The van der Waals surface area contributed by atoms with Gasteiger partial charge in [0.25, 0.3) is 0 Å². The Balaban J connectivity index is 2.07. The van der Waals surface area contributed by atoms with E-state index in [4.69, 9.17) is 0 Å². The van der Waals surface area contributed by atoms with Gasteiger partial charge in [-0.05, 0) is 30.2 Å². The van der Waals surface area contributed by atoms with E-state index in [1.807, 2.05) is 12.1 Å². The number of hydrogen-bond donors (Lipinski definition) is 1. The third-order valence-electron chi connectivity index (χ3n) is 2.51. The monoisotopic (exact) mass is 215 g/mol. The summed E-state index contributed by atoms with van der Waals surface area (Å²) in [4.78, 5) is 10.9. The minimum Gasteiger partial charge on any atom is -0.468 e. The van der Waals surface area contributed by atoms with Crippen molar-refractivity contribution in [3.63, 3.8) is 0 Å². The molecule has 3 heteroatoms. The highest BCUT2D eigenvalue weighted by molar-refractivity contribution is 5.72. The molecule has 16 heavy (non-hydrogen) atoms. The molecule has 0 saturated heterocycles. The number of benzene rings is 1. The maximum absolute atomic E-state index is 10.9. The molecule has 1 aliphatic rings. The van der Waals surface area contributed by atoms with Crippen LogP contribution in [0.3, 0.4) is 0 Å². The third kappa shape index (κ3) is 2.34. The second kappa shape index (κ2) is 4.71. The first-order valence-electron chi connectivity index (χ1n) is 5.22. The fourth-order valence-corrected chi connectivity index (χ4v) is 1.67. The summed E-state index contributed by atoms with van der Waals surface area (Å²) >= 11 is 0. The molecule has 0 amide bonds. The van der Waals surface area contributed by atoms with Gasteiger partial charge in [-0.1, -0.05) is 11.8 Å². The fourth-order valence-electron chi connectivity index (χ4n) is 1.67. The summed E-state index contributed by atoms with van der Waals surface area (Å²) < 4.78 is 4.51. The number of rotatable bonds is 1. The number of ether oxygens (including phenoxy) is 1. The van der Waals surface area contributed by atoms with Crippen LogP contribution in [0, 0.1) is 11.8 Å². The van der Waals surface area contributed by atoms with Crippen LogP contribution >= 0.6 is 0 Å². The number of methoxy groups -OCH3 is 1. The molecule has 82 valence electrons. The quantitative estimate of drug-likeness (QED) is 0.571. The van der Waals surface area contributed by atoms with Gasteiger partial charge in [-0.15, -0.1) is 0 Å². The van der Waals surface area contributed by atoms with Gasteiger partial charge in [-0.2, -0.15) is 0 Å². The SMILES string of the molecule is COC(=O)CC#Cc1ccc2c(c1)CCN2. The molecule has 0 bridgehead atoms. The number of esters is 1. The fraction of sp³-hybridized carbons (Fsp3) is 0.308. The number of hydrogen-bond acceptors (Lipinski definition) is 3. The molecule has 1 N–H and O–H groups in total. The van der Waals surface area contributed by atoms with E-state index in [9.17, 15) is 4.79 Å². The summed E-state index contributed by atoms with van der Waals surface area (Å²) in [6, 6.07) is 6.06. The largest absolute Gasteiger partial charge is 0.468 e. The highest BCUT2D eigenvalue weighted by Crippen LogP contribution is 2.22. The van der Waals surface area contributed by atoms with Crippen molar-refractivity contribution in [2.45, 2.75) is 12.8 Å². The van der Waals surface area contributed by atoms with Gasteiger partial charge >= 0.3 is 5.97 Å². The van der Waals surface area contributed by atoms with Crippen LogP contribution in [0.5, 0.6) is 0 Å². The summed E-state index contributed by atoms with van der Waals surface area (Å²) in [6.07, 6.45) is 1.19. The number of carbonyl (C=O) groups excluding carboxylic acids is 1. The predicted molar refractivity (Wildman–Crippen MR) is 62.1 cm³/mol. The zero-order chi connectivity index (χ0) is 11.4. The Labute approximate surface area is 94.8 Å². The first-order chi connectivity index (χ1) is 7.79. The van der Waals surface area contributed by atoms with Crippen molar-refractivity contribution in [2.75, 3.05) is 19.0 Å².